The predicted molar refractivity (Wildman–Crippen MR) is 122 cm³/mol. The fraction of sp³-hybridized carbons (Fsp3) is 0.542. The van der Waals surface area contributed by atoms with Crippen LogP contribution in [0.4, 0.5) is 23.7 Å². The van der Waals surface area contributed by atoms with E-state index in [1.165, 1.54) is 17.8 Å². The average Bonchev–Trinajstić information content (AvgIpc) is 3.29. The molecule has 2 amide bonds. The molecule has 0 radical (unpaired) electrons. The number of amides is 2. The minimum absolute atomic E-state index is 0.00958. The molecule has 180 valence electrons. The van der Waals surface area contributed by atoms with Gasteiger partial charge in [0, 0.05) is 63.4 Å². The fourth-order valence-electron chi connectivity index (χ4n) is 4.72. The Kier molecular flexibility index (Phi) is 7.17. The van der Waals surface area contributed by atoms with Crippen molar-refractivity contribution in [3.05, 3.63) is 53.9 Å². The van der Waals surface area contributed by atoms with Gasteiger partial charge in [0.1, 0.15) is 0 Å². The number of rotatable bonds is 6. The van der Waals surface area contributed by atoms with Crippen LogP contribution in [0.2, 0.25) is 0 Å². The van der Waals surface area contributed by atoms with Crippen LogP contribution in [0.1, 0.15) is 37.1 Å². The topological polar surface area (TPSA) is 43.8 Å². The zero-order valence-corrected chi connectivity index (χ0v) is 19.0. The van der Waals surface area contributed by atoms with Crippen LogP contribution in [0, 0.1) is 0 Å². The van der Waals surface area contributed by atoms with Crippen LogP contribution < -0.4 is 10.2 Å². The molecule has 1 aromatic carbocycles. The van der Waals surface area contributed by atoms with Gasteiger partial charge in [0.15, 0.2) is 0 Å². The second-order valence-electron chi connectivity index (χ2n) is 8.81. The van der Waals surface area contributed by atoms with E-state index < -0.39 is 11.7 Å². The molecule has 1 fully saturated rings. The summed E-state index contributed by atoms with van der Waals surface area (Å²) in [5.41, 5.74) is 1.20. The van der Waals surface area contributed by atoms with Crippen LogP contribution in [0.15, 0.2) is 42.6 Å². The number of hydrogen-bond acceptors (Lipinski definition) is 3. The Balaban J connectivity index is 1.13. The zero-order valence-electron chi connectivity index (χ0n) is 19.0. The molecule has 0 bridgehead atoms. The summed E-state index contributed by atoms with van der Waals surface area (Å²) in [6, 6.07) is 9.71. The third kappa shape index (κ3) is 5.63. The van der Waals surface area contributed by atoms with Gasteiger partial charge in [0.05, 0.1) is 11.6 Å². The van der Waals surface area contributed by atoms with Gasteiger partial charge in [-0.25, -0.2) is 4.79 Å². The molecule has 0 spiro atoms. The van der Waals surface area contributed by atoms with Crippen molar-refractivity contribution in [1.29, 1.82) is 0 Å². The molecular formula is C24H32F3N5O. The Morgan fingerprint density at radius 2 is 1.82 bits per heavy atom. The van der Waals surface area contributed by atoms with Gasteiger partial charge < -0.3 is 19.7 Å². The lowest BCUT2D eigenvalue weighted by molar-refractivity contribution is -0.137. The Hall–Kier alpha value is -2.68. The van der Waals surface area contributed by atoms with Gasteiger partial charge in [-0.3, -0.25) is 4.90 Å². The summed E-state index contributed by atoms with van der Waals surface area (Å²) in [6.45, 7) is 8.26. The number of nitrogens with one attached hydrogen (secondary N) is 1. The van der Waals surface area contributed by atoms with Crippen LogP contribution in [-0.2, 0) is 12.7 Å². The SMILES string of the molecule is CC1c2cccn2CCN1C(=O)NCCCCN1CCN(c2cccc(C(F)(F)F)c2)CC1. The molecule has 2 aromatic rings. The standard InChI is InChI=1S/C24H32F3N5O/c1-19-22-8-5-11-31(22)16-17-32(19)23(33)28-9-2-3-10-29-12-14-30(15-13-29)21-7-4-6-20(18-21)24(25,26)27/h4-8,11,18-19H,2-3,9-10,12-17H2,1H3,(H,28,33). The molecule has 6 nitrogen and oxygen atoms in total. The van der Waals surface area contributed by atoms with Crippen LogP contribution >= 0.6 is 0 Å². The molecule has 33 heavy (non-hydrogen) atoms. The number of alkyl halides is 3. The number of carbonyl (C=O) groups excluding carboxylic acids is 1. The molecule has 4 rings (SSSR count). The van der Waals surface area contributed by atoms with Crippen LogP contribution in [-0.4, -0.2) is 66.2 Å². The first-order valence-corrected chi connectivity index (χ1v) is 11.7. The molecular weight excluding hydrogens is 431 g/mol. The van der Waals surface area contributed by atoms with Crippen molar-refractivity contribution in [3.8, 4) is 0 Å². The number of carbonyl (C=O) groups is 1. The van der Waals surface area contributed by atoms with E-state index in [0.717, 1.165) is 45.1 Å². The second-order valence-corrected chi connectivity index (χ2v) is 8.81. The number of unbranched alkanes of at least 4 members (excludes halogenated alkanes) is 1. The van der Waals surface area contributed by atoms with E-state index in [1.54, 1.807) is 6.07 Å². The van der Waals surface area contributed by atoms with Gasteiger partial charge >= 0.3 is 12.2 Å². The number of nitrogens with zero attached hydrogens (tertiary/aromatic N) is 4. The van der Waals surface area contributed by atoms with Crippen LogP contribution in [0.3, 0.4) is 0 Å². The first-order valence-electron chi connectivity index (χ1n) is 11.7. The first-order chi connectivity index (χ1) is 15.8. The predicted octanol–water partition coefficient (Wildman–Crippen LogP) is 4.20. The number of urea groups is 1. The minimum atomic E-state index is -4.31. The van der Waals surface area contributed by atoms with Gasteiger partial charge in [-0.05, 0) is 56.6 Å². The first kappa shape index (κ1) is 23.5. The summed E-state index contributed by atoms with van der Waals surface area (Å²) in [5.74, 6) is 0. The molecule has 2 aliphatic heterocycles. The minimum Gasteiger partial charge on any atom is -0.369 e. The third-order valence-corrected chi connectivity index (χ3v) is 6.69. The number of benzene rings is 1. The lowest BCUT2D eigenvalue weighted by Gasteiger charge is -2.36. The van der Waals surface area contributed by atoms with E-state index in [2.05, 4.69) is 34.0 Å². The molecule has 9 heteroatoms. The number of anilines is 1. The Bertz CT molecular complexity index is 936. The summed E-state index contributed by atoms with van der Waals surface area (Å²) in [6.07, 6.45) is -0.383. The van der Waals surface area contributed by atoms with Gasteiger partial charge in [-0.2, -0.15) is 13.2 Å². The molecule has 1 N–H and O–H groups in total. The summed E-state index contributed by atoms with van der Waals surface area (Å²) < 4.78 is 41.1. The smallest absolute Gasteiger partial charge is 0.369 e. The van der Waals surface area contributed by atoms with E-state index in [-0.39, 0.29) is 12.1 Å². The molecule has 0 aliphatic carbocycles. The van der Waals surface area contributed by atoms with Crippen molar-refractivity contribution >= 4 is 11.7 Å². The number of halogens is 3. The fourth-order valence-corrected chi connectivity index (χ4v) is 4.72. The molecule has 1 aromatic heterocycles. The second kappa shape index (κ2) is 10.1. The molecule has 0 saturated carbocycles. The zero-order chi connectivity index (χ0) is 23.4. The number of piperazine rings is 1. The van der Waals surface area contributed by atoms with Crippen molar-refractivity contribution in [2.45, 2.75) is 38.5 Å². The van der Waals surface area contributed by atoms with E-state index in [0.29, 0.717) is 31.9 Å². The number of fused-ring (bicyclic) bond motifs is 1. The van der Waals surface area contributed by atoms with E-state index in [1.807, 2.05) is 15.9 Å². The third-order valence-electron chi connectivity index (χ3n) is 6.69. The van der Waals surface area contributed by atoms with E-state index >= 15 is 0 Å². The van der Waals surface area contributed by atoms with Crippen molar-refractivity contribution in [2.24, 2.45) is 0 Å². The maximum absolute atomic E-state index is 13.0. The summed E-state index contributed by atoms with van der Waals surface area (Å²) in [5, 5.41) is 3.05. The largest absolute Gasteiger partial charge is 0.416 e. The van der Waals surface area contributed by atoms with Crippen molar-refractivity contribution in [2.75, 3.05) is 50.7 Å². The molecule has 1 atom stereocenters. The van der Waals surface area contributed by atoms with Crippen molar-refractivity contribution in [1.82, 2.24) is 19.7 Å². The maximum atomic E-state index is 13.0. The number of aromatic nitrogens is 1. The lowest BCUT2D eigenvalue weighted by atomic mass is 10.1. The Morgan fingerprint density at radius 1 is 1.03 bits per heavy atom. The normalized spacial score (nSPS) is 19.5. The van der Waals surface area contributed by atoms with Gasteiger partial charge in [0.25, 0.3) is 0 Å². The maximum Gasteiger partial charge on any atom is 0.416 e. The van der Waals surface area contributed by atoms with Crippen molar-refractivity contribution in [3.63, 3.8) is 0 Å². The summed E-state index contributed by atoms with van der Waals surface area (Å²) in [7, 11) is 0. The van der Waals surface area contributed by atoms with Crippen LogP contribution in [0.5, 0.6) is 0 Å². The van der Waals surface area contributed by atoms with Gasteiger partial charge in [0.2, 0.25) is 0 Å². The Morgan fingerprint density at radius 3 is 2.58 bits per heavy atom. The highest BCUT2D eigenvalue weighted by atomic mass is 19.4. The van der Waals surface area contributed by atoms with Crippen LogP contribution in [0.25, 0.3) is 0 Å². The highest BCUT2D eigenvalue weighted by molar-refractivity contribution is 5.74. The lowest BCUT2D eigenvalue weighted by Crippen LogP contribution is -2.47. The van der Waals surface area contributed by atoms with E-state index in [9.17, 15) is 18.0 Å². The highest BCUT2D eigenvalue weighted by Crippen LogP contribution is 2.32. The quantitative estimate of drug-likeness (QED) is 0.654. The summed E-state index contributed by atoms with van der Waals surface area (Å²) >= 11 is 0. The van der Waals surface area contributed by atoms with Gasteiger partial charge in [-0.15, -0.1) is 0 Å². The Labute approximate surface area is 192 Å². The summed E-state index contributed by atoms with van der Waals surface area (Å²) in [4.78, 5) is 18.8. The number of hydrogen-bond donors (Lipinski definition) is 1. The van der Waals surface area contributed by atoms with Gasteiger partial charge in [-0.1, -0.05) is 6.07 Å². The molecule has 2 aliphatic rings. The molecule has 1 unspecified atom stereocenters. The average molecular weight is 464 g/mol. The highest BCUT2D eigenvalue weighted by Gasteiger charge is 2.31. The van der Waals surface area contributed by atoms with E-state index in [4.69, 9.17) is 0 Å². The molecule has 3 heterocycles. The molecule has 1 saturated heterocycles. The van der Waals surface area contributed by atoms with Crippen molar-refractivity contribution < 1.29 is 18.0 Å². The monoisotopic (exact) mass is 463 g/mol.